The van der Waals surface area contributed by atoms with Gasteiger partial charge in [0.1, 0.15) is 11.0 Å². The fraction of sp³-hybridized carbons (Fsp3) is 0.476. The summed E-state index contributed by atoms with van der Waals surface area (Å²) in [6.07, 6.45) is 3.84. The van der Waals surface area contributed by atoms with Gasteiger partial charge in [-0.05, 0) is 31.2 Å². The third-order valence-electron chi connectivity index (χ3n) is 5.40. The molecule has 4 rings (SSSR count). The van der Waals surface area contributed by atoms with Crippen LogP contribution in [0.4, 0.5) is 11.6 Å². The Kier molecular flexibility index (Phi) is 5.43. The van der Waals surface area contributed by atoms with Crippen molar-refractivity contribution in [3.05, 3.63) is 41.7 Å². The van der Waals surface area contributed by atoms with Crippen LogP contribution in [-0.2, 0) is 20.0 Å². The van der Waals surface area contributed by atoms with Gasteiger partial charge in [-0.2, -0.15) is 5.10 Å². The summed E-state index contributed by atoms with van der Waals surface area (Å²) in [5.74, 6) is 0.654. The number of aromatic nitrogens is 4. The molecular weight excluding hydrogens is 350 g/mol. The first-order chi connectivity index (χ1) is 13.6. The van der Waals surface area contributed by atoms with Crippen molar-refractivity contribution in [2.24, 2.45) is 7.05 Å². The number of fused-ring (bicyclic) bond motifs is 1. The quantitative estimate of drug-likeness (QED) is 0.711. The van der Waals surface area contributed by atoms with E-state index < -0.39 is 0 Å². The van der Waals surface area contributed by atoms with Crippen LogP contribution in [0.5, 0.6) is 0 Å². The zero-order valence-corrected chi connectivity index (χ0v) is 17.0. The molecule has 0 aliphatic carbocycles. The summed E-state index contributed by atoms with van der Waals surface area (Å²) >= 11 is 0. The number of piperazine rings is 1. The molecule has 0 atom stereocenters. The summed E-state index contributed by atoms with van der Waals surface area (Å²) < 4.78 is 1.86. The van der Waals surface area contributed by atoms with Crippen molar-refractivity contribution in [3.8, 4) is 0 Å². The van der Waals surface area contributed by atoms with E-state index in [-0.39, 0.29) is 0 Å². The Morgan fingerprint density at radius 1 is 1.04 bits per heavy atom. The minimum atomic E-state index is 0.654. The molecule has 3 aromatic rings. The fourth-order valence-corrected chi connectivity index (χ4v) is 3.67. The van der Waals surface area contributed by atoms with Crippen LogP contribution in [0.2, 0.25) is 0 Å². The van der Waals surface area contributed by atoms with E-state index in [1.807, 2.05) is 17.9 Å². The highest BCUT2D eigenvalue weighted by Gasteiger charge is 2.14. The Labute approximate surface area is 166 Å². The van der Waals surface area contributed by atoms with Gasteiger partial charge in [0.2, 0.25) is 5.95 Å². The van der Waals surface area contributed by atoms with Crippen LogP contribution >= 0.6 is 0 Å². The van der Waals surface area contributed by atoms with Gasteiger partial charge in [0.25, 0.3) is 0 Å². The van der Waals surface area contributed by atoms with Crippen molar-refractivity contribution in [2.75, 3.05) is 43.4 Å². The molecule has 1 aromatic carbocycles. The molecule has 28 heavy (non-hydrogen) atoms. The predicted octanol–water partition coefficient (Wildman–Crippen LogP) is 2.68. The number of rotatable bonds is 6. The largest absolute Gasteiger partial charge is 0.369 e. The highest BCUT2D eigenvalue weighted by atomic mass is 15.3. The molecule has 1 aliphatic heterocycles. The second-order valence-electron chi connectivity index (χ2n) is 7.56. The minimum Gasteiger partial charge on any atom is -0.369 e. The fourth-order valence-electron chi connectivity index (χ4n) is 3.67. The smallest absolute Gasteiger partial charge is 0.223 e. The Bertz CT molecular complexity index is 924. The molecule has 148 valence electrons. The molecule has 1 saturated heterocycles. The Hall–Kier alpha value is -2.67. The van der Waals surface area contributed by atoms with E-state index in [1.54, 1.807) is 0 Å². The van der Waals surface area contributed by atoms with Crippen LogP contribution in [0.3, 0.4) is 0 Å². The first-order valence-electron chi connectivity index (χ1n) is 10.1. The van der Waals surface area contributed by atoms with Gasteiger partial charge in [0.05, 0.1) is 11.9 Å². The van der Waals surface area contributed by atoms with Gasteiger partial charge in [-0.25, -0.2) is 9.97 Å². The van der Waals surface area contributed by atoms with E-state index in [1.165, 1.54) is 11.3 Å². The van der Waals surface area contributed by atoms with E-state index in [9.17, 15) is 0 Å². The number of hydrogen-bond donors (Lipinski definition) is 1. The number of likely N-dealkylation sites (N-methyl/N-ethyl adjacent to an activating group) is 1. The average molecular weight is 380 g/mol. The first-order valence-corrected chi connectivity index (χ1v) is 10.1. The first kappa shape index (κ1) is 18.7. The second kappa shape index (κ2) is 8.14. The van der Waals surface area contributed by atoms with Crippen LogP contribution in [0.15, 0.2) is 30.5 Å². The van der Waals surface area contributed by atoms with Gasteiger partial charge < -0.3 is 15.1 Å². The lowest BCUT2D eigenvalue weighted by Gasteiger charge is -2.34. The monoisotopic (exact) mass is 379 g/mol. The molecule has 0 amide bonds. The summed E-state index contributed by atoms with van der Waals surface area (Å²) in [4.78, 5) is 14.0. The lowest BCUT2D eigenvalue weighted by molar-refractivity contribution is 0.313. The maximum absolute atomic E-state index is 4.71. The third kappa shape index (κ3) is 3.94. The van der Waals surface area contributed by atoms with Crippen molar-refractivity contribution in [1.29, 1.82) is 0 Å². The molecule has 7 nitrogen and oxygen atoms in total. The van der Waals surface area contributed by atoms with Crippen LogP contribution < -0.4 is 10.2 Å². The van der Waals surface area contributed by atoms with E-state index in [4.69, 9.17) is 4.98 Å². The highest BCUT2D eigenvalue weighted by Crippen LogP contribution is 2.19. The minimum absolute atomic E-state index is 0.654. The van der Waals surface area contributed by atoms with Gasteiger partial charge in [-0.1, -0.05) is 25.5 Å². The molecule has 0 unspecified atom stereocenters. The third-order valence-corrected chi connectivity index (χ3v) is 5.40. The van der Waals surface area contributed by atoms with Gasteiger partial charge in [0, 0.05) is 45.5 Å². The van der Waals surface area contributed by atoms with Crippen molar-refractivity contribution in [1.82, 2.24) is 24.6 Å². The Morgan fingerprint density at radius 2 is 1.79 bits per heavy atom. The van der Waals surface area contributed by atoms with Crippen molar-refractivity contribution >= 4 is 22.7 Å². The molecular formula is C21H29N7. The average Bonchev–Trinajstić information content (AvgIpc) is 3.03. The number of nitrogens with one attached hydrogen (secondary N) is 1. The number of anilines is 2. The molecule has 2 aromatic heterocycles. The van der Waals surface area contributed by atoms with Gasteiger partial charge in [-0.3, -0.25) is 4.68 Å². The molecule has 1 aliphatic rings. The van der Waals surface area contributed by atoms with Crippen molar-refractivity contribution in [2.45, 2.75) is 26.3 Å². The number of benzene rings is 1. The van der Waals surface area contributed by atoms with Gasteiger partial charge >= 0.3 is 0 Å². The zero-order valence-electron chi connectivity index (χ0n) is 17.0. The lowest BCUT2D eigenvalue weighted by Crippen LogP contribution is -2.44. The normalized spacial score (nSPS) is 15.3. The van der Waals surface area contributed by atoms with E-state index in [2.05, 4.69) is 63.4 Å². The Balaban J connectivity index is 1.42. The molecule has 0 saturated carbocycles. The van der Waals surface area contributed by atoms with E-state index in [0.29, 0.717) is 12.5 Å². The molecule has 1 fully saturated rings. The highest BCUT2D eigenvalue weighted by molar-refractivity contribution is 5.77. The molecule has 0 radical (unpaired) electrons. The standard InChI is InChI=1S/C21H29N7/c1-4-5-18-20-19(27(3)25-18)15-23-21(24-20)22-14-16-6-8-17(9-7-16)28-12-10-26(2)11-13-28/h6-9,15H,4-5,10-14H2,1-3H3,(H,22,23,24). The summed E-state index contributed by atoms with van der Waals surface area (Å²) in [6.45, 7) is 7.29. The zero-order chi connectivity index (χ0) is 19.5. The van der Waals surface area contributed by atoms with Crippen LogP contribution in [0.1, 0.15) is 24.6 Å². The van der Waals surface area contributed by atoms with Crippen molar-refractivity contribution in [3.63, 3.8) is 0 Å². The van der Waals surface area contributed by atoms with Crippen LogP contribution in [0.25, 0.3) is 11.0 Å². The lowest BCUT2D eigenvalue weighted by atomic mass is 10.2. The van der Waals surface area contributed by atoms with E-state index in [0.717, 1.165) is 55.7 Å². The summed E-state index contributed by atoms with van der Waals surface area (Å²) in [7, 11) is 4.13. The molecule has 0 bridgehead atoms. The maximum Gasteiger partial charge on any atom is 0.223 e. The number of hydrogen-bond acceptors (Lipinski definition) is 6. The number of aryl methyl sites for hydroxylation is 2. The summed E-state index contributed by atoms with van der Waals surface area (Å²) in [5.41, 5.74) is 5.50. The second-order valence-corrected chi connectivity index (χ2v) is 7.56. The molecule has 3 heterocycles. The molecule has 7 heteroatoms. The summed E-state index contributed by atoms with van der Waals surface area (Å²) in [5, 5.41) is 7.93. The van der Waals surface area contributed by atoms with Crippen LogP contribution in [-0.4, -0.2) is 57.9 Å². The molecule has 0 spiro atoms. The topological polar surface area (TPSA) is 62.1 Å². The SMILES string of the molecule is CCCc1nn(C)c2cnc(NCc3ccc(N4CCN(C)CC4)cc3)nc12. The van der Waals surface area contributed by atoms with Crippen LogP contribution in [0, 0.1) is 0 Å². The summed E-state index contributed by atoms with van der Waals surface area (Å²) in [6, 6.07) is 8.80. The maximum atomic E-state index is 4.71. The van der Waals surface area contributed by atoms with Gasteiger partial charge in [0.15, 0.2) is 0 Å². The number of nitrogens with zero attached hydrogens (tertiary/aromatic N) is 6. The predicted molar refractivity (Wildman–Crippen MR) is 114 cm³/mol. The van der Waals surface area contributed by atoms with E-state index >= 15 is 0 Å². The van der Waals surface area contributed by atoms with Gasteiger partial charge in [-0.15, -0.1) is 0 Å². The molecule has 1 N–H and O–H groups in total. The van der Waals surface area contributed by atoms with Crippen molar-refractivity contribution < 1.29 is 0 Å². The Morgan fingerprint density at radius 3 is 2.50 bits per heavy atom.